The van der Waals surface area contributed by atoms with E-state index in [0.717, 1.165) is 18.2 Å². The number of rotatable bonds is 6. The Balaban J connectivity index is 1.71. The SMILES string of the molecule is O=C(Nc1ccc(F)c(Cl)c1)c1ccnc(NS(=O)(=O)Cc2ccc(F)cc2)c1. The first-order valence-electron chi connectivity index (χ1n) is 8.19. The fourth-order valence-electron chi connectivity index (χ4n) is 2.40. The lowest BCUT2D eigenvalue weighted by Crippen LogP contribution is -2.17. The number of amides is 1. The Morgan fingerprint density at radius 2 is 1.76 bits per heavy atom. The van der Waals surface area contributed by atoms with E-state index in [9.17, 15) is 22.0 Å². The Hall–Kier alpha value is -3.04. The van der Waals surface area contributed by atoms with Crippen LogP contribution in [0.25, 0.3) is 0 Å². The van der Waals surface area contributed by atoms with Gasteiger partial charge in [0.25, 0.3) is 5.91 Å². The highest BCUT2D eigenvalue weighted by atomic mass is 35.5. The van der Waals surface area contributed by atoms with Gasteiger partial charge < -0.3 is 5.32 Å². The molecule has 1 heterocycles. The van der Waals surface area contributed by atoms with Gasteiger partial charge in [-0.15, -0.1) is 0 Å². The van der Waals surface area contributed by atoms with Crippen molar-refractivity contribution >= 4 is 39.0 Å². The lowest BCUT2D eigenvalue weighted by atomic mass is 10.2. The first-order valence-corrected chi connectivity index (χ1v) is 10.2. The molecule has 0 spiro atoms. The number of hydrogen-bond donors (Lipinski definition) is 2. The molecule has 0 bridgehead atoms. The van der Waals surface area contributed by atoms with E-state index in [1.54, 1.807) is 0 Å². The summed E-state index contributed by atoms with van der Waals surface area (Å²) >= 11 is 5.68. The molecule has 0 atom stereocenters. The highest BCUT2D eigenvalue weighted by molar-refractivity contribution is 7.91. The molecule has 0 radical (unpaired) electrons. The van der Waals surface area contributed by atoms with Gasteiger partial charge in [0.2, 0.25) is 10.0 Å². The number of carbonyl (C=O) groups is 1. The molecule has 0 aliphatic carbocycles. The molecular weight excluding hydrogens is 424 g/mol. The molecule has 3 aromatic rings. The van der Waals surface area contributed by atoms with Crippen LogP contribution in [0.1, 0.15) is 15.9 Å². The first-order chi connectivity index (χ1) is 13.7. The van der Waals surface area contributed by atoms with Crippen LogP contribution in [0.5, 0.6) is 0 Å². The van der Waals surface area contributed by atoms with Crippen LogP contribution in [-0.2, 0) is 15.8 Å². The molecule has 1 amide bonds. The van der Waals surface area contributed by atoms with Crippen LogP contribution < -0.4 is 10.0 Å². The summed E-state index contributed by atoms with van der Waals surface area (Å²) in [6.07, 6.45) is 1.27. The average molecular weight is 438 g/mol. The fraction of sp³-hybridized carbons (Fsp3) is 0.0526. The molecule has 2 aromatic carbocycles. The van der Waals surface area contributed by atoms with Crippen molar-refractivity contribution in [1.29, 1.82) is 0 Å². The van der Waals surface area contributed by atoms with Crippen molar-refractivity contribution in [1.82, 2.24) is 4.98 Å². The normalized spacial score (nSPS) is 11.1. The summed E-state index contributed by atoms with van der Waals surface area (Å²) in [4.78, 5) is 16.3. The lowest BCUT2D eigenvalue weighted by Gasteiger charge is -2.10. The zero-order valence-electron chi connectivity index (χ0n) is 14.7. The number of pyridine rings is 1. The van der Waals surface area contributed by atoms with Crippen molar-refractivity contribution in [2.75, 3.05) is 10.0 Å². The van der Waals surface area contributed by atoms with Gasteiger partial charge in [-0.1, -0.05) is 23.7 Å². The summed E-state index contributed by atoms with van der Waals surface area (Å²) in [7, 11) is -3.84. The zero-order valence-corrected chi connectivity index (χ0v) is 16.3. The summed E-state index contributed by atoms with van der Waals surface area (Å²) in [6.45, 7) is 0. The molecule has 10 heteroatoms. The number of hydrogen-bond acceptors (Lipinski definition) is 4. The smallest absolute Gasteiger partial charge is 0.255 e. The zero-order chi connectivity index (χ0) is 21.0. The van der Waals surface area contributed by atoms with Crippen molar-refractivity contribution < 1.29 is 22.0 Å². The van der Waals surface area contributed by atoms with E-state index in [-0.39, 0.29) is 27.8 Å². The Kier molecular flexibility index (Phi) is 6.09. The molecule has 3 rings (SSSR count). The number of aromatic nitrogens is 1. The van der Waals surface area contributed by atoms with Crippen LogP contribution in [0.15, 0.2) is 60.8 Å². The summed E-state index contributed by atoms with van der Waals surface area (Å²) in [5.74, 6) is -2.10. The molecule has 2 N–H and O–H groups in total. The van der Waals surface area contributed by atoms with Crippen LogP contribution in [-0.4, -0.2) is 19.3 Å². The van der Waals surface area contributed by atoms with Crippen molar-refractivity contribution in [3.05, 3.63) is 88.6 Å². The monoisotopic (exact) mass is 437 g/mol. The number of sulfonamides is 1. The van der Waals surface area contributed by atoms with Crippen LogP contribution >= 0.6 is 11.6 Å². The molecule has 0 saturated heterocycles. The van der Waals surface area contributed by atoms with Gasteiger partial charge in [-0.25, -0.2) is 22.2 Å². The number of anilines is 2. The molecule has 1 aromatic heterocycles. The third-order valence-electron chi connectivity index (χ3n) is 3.73. The average Bonchev–Trinajstić information content (AvgIpc) is 2.66. The van der Waals surface area contributed by atoms with Gasteiger partial charge in [0.1, 0.15) is 17.5 Å². The van der Waals surface area contributed by atoms with Crippen LogP contribution in [0.4, 0.5) is 20.3 Å². The number of nitrogens with one attached hydrogen (secondary N) is 2. The van der Waals surface area contributed by atoms with Gasteiger partial charge in [0.15, 0.2) is 0 Å². The van der Waals surface area contributed by atoms with Crippen LogP contribution in [0.3, 0.4) is 0 Å². The maximum Gasteiger partial charge on any atom is 0.255 e. The van der Waals surface area contributed by atoms with Gasteiger partial charge >= 0.3 is 0 Å². The number of nitrogens with zero attached hydrogens (tertiary/aromatic N) is 1. The third kappa shape index (κ3) is 5.72. The van der Waals surface area contributed by atoms with Crippen molar-refractivity contribution in [2.24, 2.45) is 0 Å². The second-order valence-electron chi connectivity index (χ2n) is 6.00. The first kappa shape index (κ1) is 20.7. The standard InChI is InChI=1S/C19H14ClF2N3O3S/c20-16-10-15(5-6-17(16)22)24-19(26)13-7-8-23-18(9-13)25-29(27,28)11-12-1-3-14(21)4-2-12/h1-10H,11H2,(H,23,25)(H,24,26). The number of benzene rings is 2. The van der Waals surface area contributed by atoms with E-state index in [0.29, 0.717) is 5.56 Å². The largest absolute Gasteiger partial charge is 0.322 e. The van der Waals surface area contributed by atoms with Gasteiger partial charge in [0.05, 0.1) is 10.8 Å². The molecule has 29 heavy (non-hydrogen) atoms. The predicted molar refractivity (Wildman–Crippen MR) is 106 cm³/mol. The third-order valence-corrected chi connectivity index (χ3v) is 5.25. The van der Waals surface area contributed by atoms with Crippen LogP contribution in [0.2, 0.25) is 5.02 Å². The Labute approximate surface area is 170 Å². The molecule has 0 aliphatic rings. The molecule has 0 saturated carbocycles. The van der Waals surface area contributed by atoms with Crippen molar-refractivity contribution in [3.63, 3.8) is 0 Å². The Morgan fingerprint density at radius 1 is 1.03 bits per heavy atom. The topological polar surface area (TPSA) is 88.2 Å². The second kappa shape index (κ2) is 8.54. The highest BCUT2D eigenvalue weighted by Gasteiger charge is 2.15. The molecule has 6 nitrogen and oxygen atoms in total. The predicted octanol–water partition coefficient (Wildman–Crippen LogP) is 4.21. The summed E-state index contributed by atoms with van der Waals surface area (Å²) < 4.78 is 53.0. The van der Waals surface area contributed by atoms with Gasteiger partial charge in [-0.3, -0.25) is 9.52 Å². The number of halogens is 3. The van der Waals surface area contributed by atoms with E-state index in [1.807, 2.05) is 0 Å². The number of carbonyl (C=O) groups excluding carboxylic acids is 1. The van der Waals surface area contributed by atoms with Crippen molar-refractivity contribution in [2.45, 2.75) is 5.75 Å². The molecular formula is C19H14ClF2N3O3S. The molecule has 0 fully saturated rings. The summed E-state index contributed by atoms with van der Waals surface area (Å²) in [5, 5.41) is 2.38. The van der Waals surface area contributed by atoms with E-state index in [4.69, 9.17) is 11.6 Å². The minimum absolute atomic E-state index is 0.0584. The second-order valence-corrected chi connectivity index (χ2v) is 8.13. The Morgan fingerprint density at radius 3 is 2.45 bits per heavy atom. The fourth-order valence-corrected chi connectivity index (χ4v) is 3.71. The minimum Gasteiger partial charge on any atom is -0.322 e. The van der Waals surface area contributed by atoms with E-state index in [1.165, 1.54) is 42.6 Å². The van der Waals surface area contributed by atoms with Gasteiger partial charge in [-0.2, -0.15) is 0 Å². The van der Waals surface area contributed by atoms with E-state index in [2.05, 4.69) is 15.0 Å². The van der Waals surface area contributed by atoms with Gasteiger partial charge in [0, 0.05) is 17.4 Å². The summed E-state index contributed by atoms with van der Waals surface area (Å²) in [5.41, 5.74) is 0.789. The van der Waals surface area contributed by atoms with Gasteiger partial charge in [-0.05, 0) is 48.0 Å². The molecule has 0 aliphatic heterocycles. The molecule has 0 unspecified atom stereocenters. The lowest BCUT2D eigenvalue weighted by molar-refractivity contribution is 0.102. The maximum atomic E-state index is 13.2. The summed E-state index contributed by atoms with van der Waals surface area (Å²) in [6, 6.07) is 11.4. The van der Waals surface area contributed by atoms with Crippen LogP contribution in [0, 0.1) is 11.6 Å². The maximum absolute atomic E-state index is 13.2. The van der Waals surface area contributed by atoms with Crippen molar-refractivity contribution in [3.8, 4) is 0 Å². The van der Waals surface area contributed by atoms with E-state index >= 15 is 0 Å². The quantitative estimate of drug-likeness (QED) is 0.604. The van der Waals surface area contributed by atoms with E-state index < -0.39 is 27.6 Å². The minimum atomic E-state index is -3.84. The Bertz CT molecular complexity index is 1160. The molecule has 150 valence electrons. The highest BCUT2D eigenvalue weighted by Crippen LogP contribution is 2.20.